The number of nitrogens with zero attached hydrogens (tertiary/aromatic N) is 1. The Bertz CT molecular complexity index is 1050. The molecule has 0 fully saturated rings. The molecule has 0 saturated carbocycles. The minimum atomic E-state index is -0.876. The summed E-state index contributed by atoms with van der Waals surface area (Å²) in [7, 11) is 5.53. The Labute approximate surface area is 357 Å². The summed E-state index contributed by atoms with van der Waals surface area (Å²) in [6.45, 7) is 4.71. The van der Waals surface area contributed by atoms with Gasteiger partial charge in [0.25, 0.3) is 0 Å². The molecule has 0 spiro atoms. The highest BCUT2D eigenvalue weighted by Crippen LogP contribution is 2.14. The minimum Gasteiger partial charge on any atom is -0.477 e. The van der Waals surface area contributed by atoms with Gasteiger partial charge in [-0.05, 0) is 70.6 Å². The van der Waals surface area contributed by atoms with Gasteiger partial charge in [-0.2, -0.15) is 0 Å². The lowest BCUT2D eigenvalue weighted by Gasteiger charge is -2.31. The maximum Gasteiger partial charge on any atom is 0.362 e. The van der Waals surface area contributed by atoms with E-state index in [1.807, 2.05) is 21.1 Å². The van der Waals surface area contributed by atoms with Crippen LogP contribution >= 0.6 is 0 Å². The van der Waals surface area contributed by atoms with Crippen molar-refractivity contribution in [1.82, 2.24) is 0 Å². The van der Waals surface area contributed by atoms with E-state index in [0.717, 1.165) is 51.4 Å². The summed E-state index contributed by atoms with van der Waals surface area (Å²) in [5, 5.41) is 9.63. The molecule has 2 atom stereocenters. The van der Waals surface area contributed by atoms with Gasteiger partial charge in [0.1, 0.15) is 6.61 Å². The number of allylic oxidation sites excluding steroid dienone is 6. The van der Waals surface area contributed by atoms with Gasteiger partial charge >= 0.3 is 17.9 Å². The second-order valence-electron chi connectivity index (χ2n) is 17.4. The summed E-state index contributed by atoms with van der Waals surface area (Å²) in [6.07, 6.45) is 47.5. The van der Waals surface area contributed by atoms with Crippen molar-refractivity contribution >= 4 is 17.9 Å². The van der Waals surface area contributed by atoms with Gasteiger partial charge in [-0.1, -0.05) is 159 Å². The van der Waals surface area contributed by atoms with Crippen LogP contribution in [0.15, 0.2) is 36.5 Å². The van der Waals surface area contributed by atoms with Gasteiger partial charge < -0.3 is 23.8 Å². The zero-order valence-corrected chi connectivity index (χ0v) is 38.5. The molecule has 0 bridgehead atoms. The van der Waals surface area contributed by atoms with Crippen molar-refractivity contribution in [2.45, 2.75) is 225 Å². The van der Waals surface area contributed by atoms with Crippen molar-refractivity contribution in [1.29, 1.82) is 0 Å². The van der Waals surface area contributed by atoms with Crippen LogP contribution in [-0.4, -0.2) is 80.6 Å². The predicted octanol–water partition coefficient (Wildman–Crippen LogP) is 13.4. The van der Waals surface area contributed by atoms with E-state index in [4.69, 9.17) is 14.2 Å². The molecule has 1 N–H and O–H groups in total. The monoisotopic (exact) mass is 819 g/mol. The third kappa shape index (κ3) is 39.0. The molecule has 8 nitrogen and oxygen atoms in total. The molecule has 0 aliphatic carbocycles. The molecule has 58 heavy (non-hydrogen) atoms. The quantitative estimate of drug-likeness (QED) is 0.0283. The van der Waals surface area contributed by atoms with Crippen molar-refractivity contribution in [3.63, 3.8) is 0 Å². The van der Waals surface area contributed by atoms with E-state index in [9.17, 15) is 19.5 Å². The van der Waals surface area contributed by atoms with Crippen LogP contribution < -0.4 is 0 Å². The van der Waals surface area contributed by atoms with Gasteiger partial charge in [0.2, 0.25) is 0 Å². The Hall–Kier alpha value is -2.45. The summed E-state index contributed by atoms with van der Waals surface area (Å²) < 4.78 is 17.3. The summed E-state index contributed by atoms with van der Waals surface area (Å²) in [5.41, 5.74) is 0. The van der Waals surface area contributed by atoms with E-state index in [1.54, 1.807) is 0 Å². The molecule has 2 unspecified atom stereocenters. The normalized spacial score (nSPS) is 13.2. The molecule has 338 valence electrons. The zero-order valence-electron chi connectivity index (χ0n) is 38.5. The highest BCUT2D eigenvalue weighted by Gasteiger charge is 2.31. The van der Waals surface area contributed by atoms with Crippen molar-refractivity contribution in [3.8, 4) is 0 Å². The van der Waals surface area contributed by atoms with Crippen LogP contribution in [0.3, 0.4) is 0 Å². The fourth-order valence-corrected chi connectivity index (χ4v) is 7.00. The molecule has 0 aromatic carbocycles. The molecule has 0 amide bonds. The van der Waals surface area contributed by atoms with Crippen LogP contribution in [0, 0.1) is 0 Å². The Balaban J connectivity index is 4.31. The number of hydrogen-bond donors (Lipinski definition) is 1. The van der Waals surface area contributed by atoms with Gasteiger partial charge in [-0.15, -0.1) is 0 Å². The molecule has 0 radical (unpaired) electrons. The molecular weight excluding hydrogens is 727 g/mol. The summed E-state index contributed by atoms with van der Waals surface area (Å²) in [6, 6.07) is -0.616. The first-order valence-electron chi connectivity index (χ1n) is 24.0. The van der Waals surface area contributed by atoms with Crippen molar-refractivity contribution < 1.29 is 38.2 Å². The SMILES string of the molecule is CCCCC/C=C/C/C=C/CCCCCCCCCC(=O)OC(COCCC(C(=O)O)[N+](C)(C)C)COC(=O)CCCCCCCCC/C=C/CCCCCCCC. The Morgan fingerprint density at radius 3 is 1.38 bits per heavy atom. The lowest BCUT2D eigenvalue weighted by Crippen LogP contribution is -2.50. The maximum absolute atomic E-state index is 12.8. The number of carboxylic acid groups (broad SMARTS) is 1. The number of rotatable bonds is 43. The molecule has 0 aliphatic rings. The number of quaternary nitrogens is 1. The van der Waals surface area contributed by atoms with Gasteiger partial charge in [0.05, 0.1) is 34.4 Å². The molecule has 0 rings (SSSR count). The second kappa shape index (κ2) is 41.3. The second-order valence-corrected chi connectivity index (χ2v) is 17.4. The summed E-state index contributed by atoms with van der Waals surface area (Å²) >= 11 is 0. The Morgan fingerprint density at radius 2 is 0.914 bits per heavy atom. The third-order valence-corrected chi connectivity index (χ3v) is 10.8. The lowest BCUT2D eigenvalue weighted by atomic mass is 10.1. The minimum absolute atomic E-state index is 0.0550. The lowest BCUT2D eigenvalue weighted by molar-refractivity contribution is -0.887. The number of aliphatic carboxylic acids is 1. The largest absolute Gasteiger partial charge is 0.477 e. The predicted molar refractivity (Wildman–Crippen MR) is 243 cm³/mol. The van der Waals surface area contributed by atoms with Crippen LogP contribution in [-0.2, 0) is 28.6 Å². The third-order valence-electron chi connectivity index (χ3n) is 10.8. The number of carboxylic acids is 1. The van der Waals surface area contributed by atoms with Crippen molar-refractivity contribution in [3.05, 3.63) is 36.5 Å². The average molecular weight is 819 g/mol. The standard InChI is InChI=1S/C50H91NO7/c1-6-8-10-12-14-16-18-20-22-24-26-28-30-32-34-36-38-40-48(52)57-45-46(44-56-43-42-47(50(54)55)51(3,4)5)58-49(53)41-39-37-35-33-31-29-27-25-23-21-19-17-15-13-11-9-7-2/h15,17,20-23,46-47H,6-14,16,18-19,24-45H2,1-5H3/p+1/b17-15+,22-20+,23-21+. The fraction of sp³-hybridized carbons (Fsp3) is 0.820. The first-order valence-corrected chi connectivity index (χ1v) is 24.0. The molecule has 0 aliphatic heterocycles. The van der Waals surface area contributed by atoms with Gasteiger partial charge in [-0.3, -0.25) is 9.59 Å². The molecule has 8 heteroatoms. The highest BCUT2D eigenvalue weighted by atomic mass is 16.6. The van der Waals surface area contributed by atoms with Crippen LogP contribution in [0.4, 0.5) is 0 Å². The van der Waals surface area contributed by atoms with E-state index in [0.29, 0.717) is 19.3 Å². The van der Waals surface area contributed by atoms with E-state index >= 15 is 0 Å². The number of hydrogen-bond acceptors (Lipinski definition) is 6. The van der Waals surface area contributed by atoms with Gasteiger partial charge in [0, 0.05) is 19.3 Å². The first kappa shape index (κ1) is 55.5. The first-order chi connectivity index (χ1) is 28.1. The topological polar surface area (TPSA) is 99.1 Å². The Morgan fingerprint density at radius 1 is 0.517 bits per heavy atom. The van der Waals surface area contributed by atoms with Gasteiger partial charge in [-0.25, -0.2) is 4.79 Å². The van der Waals surface area contributed by atoms with Crippen LogP contribution in [0.2, 0.25) is 0 Å². The molecule has 0 aromatic heterocycles. The van der Waals surface area contributed by atoms with Crippen molar-refractivity contribution in [2.24, 2.45) is 0 Å². The Kier molecular flexibility index (Phi) is 39.5. The van der Waals surface area contributed by atoms with E-state index in [2.05, 4.69) is 50.3 Å². The number of carbonyl (C=O) groups excluding carboxylic acids is 2. The van der Waals surface area contributed by atoms with Crippen LogP contribution in [0.1, 0.15) is 213 Å². The fourth-order valence-electron chi connectivity index (χ4n) is 7.00. The zero-order chi connectivity index (χ0) is 42.8. The average Bonchev–Trinajstić information content (AvgIpc) is 3.18. The van der Waals surface area contributed by atoms with E-state index in [-0.39, 0.29) is 36.2 Å². The number of ether oxygens (including phenoxy) is 3. The van der Waals surface area contributed by atoms with Gasteiger partial charge in [0.15, 0.2) is 12.1 Å². The molecule has 0 aromatic rings. The van der Waals surface area contributed by atoms with E-state index in [1.165, 1.54) is 128 Å². The smallest absolute Gasteiger partial charge is 0.362 e. The molecule has 0 heterocycles. The number of likely N-dealkylation sites (N-methyl/N-ethyl adjacent to an activating group) is 1. The molecular formula is C50H92NO7+. The number of unbranched alkanes of at least 4 members (excludes halogenated alkanes) is 23. The number of carbonyl (C=O) groups is 3. The highest BCUT2D eigenvalue weighted by molar-refractivity contribution is 5.72. The summed E-state index contributed by atoms with van der Waals surface area (Å²) in [5.74, 6) is -1.48. The van der Waals surface area contributed by atoms with Crippen LogP contribution in [0.5, 0.6) is 0 Å². The van der Waals surface area contributed by atoms with Crippen LogP contribution in [0.25, 0.3) is 0 Å². The van der Waals surface area contributed by atoms with E-state index < -0.39 is 18.1 Å². The van der Waals surface area contributed by atoms with Crippen molar-refractivity contribution in [2.75, 3.05) is 41.0 Å². The number of esters is 2. The summed E-state index contributed by atoms with van der Waals surface area (Å²) in [4.78, 5) is 37.1. The molecule has 0 saturated heterocycles. The maximum atomic E-state index is 12.8.